The molecule has 164 valence electrons. The number of rotatable bonds is 5. The van der Waals surface area contributed by atoms with Crippen molar-refractivity contribution in [3.63, 3.8) is 0 Å². The lowest BCUT2D eigenvalue weighted by molar-refractivity contribution is -0.119. The molecule has 1 amide bonds. The highest BCUT2D eigenvalue weighted by Gasteiger charge is 2.40. The van der Waals surface area contributed by atoms with E-state index in [9.17, 15) is 13.2 Å². The van der Waals surface area contributed by atoms with Crippen LogP contribution in [0.2, 0.25) is 4.34 Å². The van der Waals surface area contributed by atoms with Gasteiger partial charge in [-0.25, -0.2) is 13.4 Å². The molecule has 3 heterocycles. The van der Waals surface area contributed by atoms with Gasteiger partial charge in [-0.15, -0.1) is 22.7 Å². The Bertz CT molecular complexity index is 1360. The van der Waals surface area contributed by atoms with E-state index in [1.54, 1.807) is 17.4 Å². The molecule has 1 fully saturated rings. The Morgan fingerprint density at radius 1 is 1.06 bits per heavy atom. The number of thiophene rings is 1. The molecule has 1 N–H and O–H groups in total. The molecule has 0 saturated carbocycles. The molecule has 4 aromatic rings. The lowest BCUT2D eigenvalue weighted by Gasteiger charge is -2.22. The van der Waals surface area contributed by atoms with Crippen LogP contribution in [0.5, 0.6) is 0 Å². The van der Waals surface area contributed by atoms with E-state index in [1.165, 1.54) is 10.4 Å². The van der Waals surface area contributed by atoms with Crippen LogP contribution < -0.4 is 5.32 Å². The first-order valence-corrected chi connectivity index (χ1v) is 13.4. The number of hydrogen-bond donors (Lipinski definition) is 1. The molecular formula is C22H18ClN3O3S3. The van der Waals surface area contributed by atoms with E-state index in [2.05, 4.69) is 10.3 Å². The van der Waals surface area contributed by atoms with E-state index in [0.29, 0.717) is 29.4 Å². The van der Waals surface area contributed by atoms with Crippen molar-refractivity contribution in [2.45, 2.75) is 23.1 Å². The number of benzene rings is 2. The van der Waals surface area contributed by atoms with E-state index in [0.717, 1.165) is 32.1 Å². The Hall–Kier alpha value is -2.30. The van der Waals surface area contributed by atoms with Crippen LogP contribution in [0, 0.1) is 0 Å². The van der Waals surface area contributed by atoms with Gasteiger partial charge in [0.05, 0.1) is 14.6 Å². The van der Waals surface area contributed by atoms with Gasteiger partial charge in [-0.1, -0.05) is 23.7 Å². The van der Waals surface area contributed by atoms with Crippen molar-refractivity contribution in [1.29, 1.82) is 0 Å². The molecule has 1 aliphatic heterocycles. The van der Waals surface area contributed by atoms with Crippen LogP contribution in [0.1, 0.15) is 12.8 Å². The smallest absolute Gasteiger partial charge is 0.253 e. The van der Waals surface area contributed by atoms with Gasteiger partial charge in [-0.3, -0.25) is 4.79 Å². The van der Waals surface area contributed by atoms with Crippen LogP contribution in [0.3, 0.4) is 0 Å². The third-order valence-electron chi connectivity index (χ3n) is 5.31. The van der Waals surface area contributed by atoms with Gasteiger partial charge in [-0.05, 0) is 61.4 Å². The maximum Gasteiger partial charge on any atom is 0.253 e. The van der Waals surface area contributed by atoms with Gasteiger partial charge in [0.25, 0.3) is 10.0 Å². The molecule has 0 radical (unpaired) electrons. The Balaban J connectivity index is 1.32. The number of amides is 1. The van der Waals surface area contributed by atoms with Crippen molar-refractivity contribution in [1.82, 2.24) is 9.29 Å². The van der Waals surface area contributed by atoms with Gasteiger partial charge < -0.3 is 5.32 Å². The highest BCUT2D eigenvalue weighted by molar-refractivity contribution is 7.91. The average Bonchev–Trinajstić information content (AvgIpc) is 3.53. The summed E-state index contributed by atoms with van der Waals surface area (Å²) >= 11 is 8.52. The molecule has 0 bridgehead atoms. The minimum atomic E-state index is -3.76. The Kier molecular flexibility index (Phi) is 5.77. The van der Waals surface area contributed by atoms with Crippen LogP contribution in [0.4, 0.5) is 5.69 Å². The molecule has 2 aromatic carbocycles. The molecule has 0 spiro atoms. The van der Waals surface area contributed by atoms with Gasteiger partial charge in [0.2, 0.25) is 5.91 Å². The summed E-state index contributed by atoms with van der Waals surface area (Å²) in [5.74, 6) is -0.332. The third kappa shape index (κ3) is 4.06. The van der Waals surface area contributed by atoms with E-state index >= 15 is 0 Å². The predicted octanol–water partition coefficient (Wildman–Crippen LogP) is 5.47. The second-order valence-electron chi connectivity index (χ2n) is 7.39. The van der Waals surface area contributed by atoms with Crippen molar-refractivity contribution in [3.8, 4) is 10.6 Å². The topological polar surface area (TPSA) is 79.4 Å². The third-order valence-corrected chi connectivity index (χ3v) is 10.0. The monoisotopic (exact) mass is 503 g/mol. The van der Waals surface area contributed by atoms with Gasteiger partial charge in [0, 0.05) is 17.8 Å². The van der Waals surface area contributed by atoms with E-state index < -0.39 is 16.1 Å². The number of halogens is 1. The standard InChI is InChI=1S/C22H18ClN3O3S3/c23-19-11-12-20(31-19)32(28,29)26-13-3-5-17(26)21(27)24-15-9-7-14(8-10-15)22-25-16-4-1-2-6-18(16)30-22/h1-2,4,6-12,17H,3,5,13H2,(H,24,27). The van der Waals surface area contributed by atoms with E-state index in [1.807, 2.05) is 48.5 Å². The molecule has 5 rings (SSSR count). The SMILES string of the molecule is O=C(Nc1ccc(-c2nc3ccccc3s2)cc1)C1CCCN1S(=O)(=O)c1ccc(Cl)s1. The molecule has 2 aromatic heterocycles. The number of aromatic nitrogens is 1. The fourth-order valence-electron chi connectivity index (χ4n) is 3.76. The maximum absolute atomic E-state index is 13.0. The molecule has 0 aliphatic carbocycles. The minimum absolute atomic E-state index is 0.155. The number of anilines is 1. The van der Waals surface area contributed by atoms with Gasteiger partial charge >= 0.3 is 0 Å². The minimum Gasteiger partial charge on any atom is -0.325 e. The highest BCUT2D eigenvalue weighted by Crippen LogP contribution is 2.33. The number of nitrogens with zero attached hydrogens (tertiary/aromatic N) is 2. The quantitative estimate of drug-likeness (QED) is 0.391. The summed E-state index contributed by atoms with van der Waals surface area (Å²) in [4.78, 5) is 17.6. The van der Waals surface area contributed by atoms with Gasteiger partial charge in [-0.2, -0.15) is 4.31 Å². The van der Waals surface area contributed by atoms with E-state index in [-0.39, 0.29) is 10.1 Å². The fraction of sp³-hybridized carbons (Fsp3) is 0.182. The van der Waals surface area contributed by atoms with Crippen LogP contribution in [-0.4, -0.2) is 36.2 Å². The highest BCUT2D eigenvalue weighted by atomic mass is 35.5. The zero-order valence-electron chi connectivity index (χ0n) is 16.7. The lowest BCUT2D eigenvalue weighted by atomic mass is 10.2. The molecule has 1 atom stereocenters. The summed E-state index contributed by atoms with van der Waals surface area (Å²) < 4.78 is 28.9. The van der Waals surface area contributed by atoms with Crippen molar-refractivity contribution < 1.29 is 13.2 Å². The molecule has 1 aliphatic rings. The molecule has 1 unspecified atom stereocenters. The summed E-state index contributed by atoms with van der Waals surface area (Å²) in [6.07, 6.45) is 1.11. The zero-order chi connectivity index (χ0) is 22.3. The molecule has 1 saturated heterocycles. The van der Waals surface area contributed by atoms with Crippen molar-refractivity contribution >= 4 is 66.1 Å². The number of carbonyl (C=O) groups is 1. The predicted molar refractivity (Wildman–Crippen MR) is 130 cm³/mol. The maximum atomic E-state index is 13.0. The van der Waals surface area contributed by atoms with Crippen molar-refractivity contribution in [3.05, 3.63) is 65.0 Å². The zero-order valence-corrected chi connectivity index (χ0v) is 19.9. The van der Waals surface area contributed by atoms with Crippen LogP contribution in [0.15, 0.2) is 64.9 Å². The second-order valence-corrected chi connectivity index (χ2v) is 12.2. The first-order chi connectivity index (χ1) is 15.4. The van der Waals surface area contributed by atoms with Gasteiger partial charge in [0.15, 0.2) is 0 Å². The Labute approximate surface area is 198 Å². The Morgan fingerprint density at radius 3 is 2.56 bits per heavy atom. The van der Waals surface area contributed by atoms with Crippen molar-refractivity contribution in [2.24, 2.45) is 0 Å². The summed E-state index contributed by atoms with van der Waals surface area (Å²) in [5.41, 5.74) is 2.53. The number of thiazole rings is 1. The number of sulfonamides is 1. The number of fused-ring (bicyclic) bond motifs is 1. The van der Waals surface area contributed by atoms with Gasteiger partial charge in [0.1, 0.15) is 15.3 Å². The largest absolute Gasteiger partial charge is 0.325 e. The summed E-state index contributed by atoms with van der Waals surface area (Å²) in [6.45, 7) is 0.312. The molecule has 32 heavy (non-hydrogen) atoms. The normalized spacial score (nSPS) is 17.1. The molecular weight excluding hydrogens is 486 g/mol. The summed E-state index contributed by atoms with van der Waals surface area (Å²) in [5, 5.41) is 3.77. The van der Waals surface area contributed by atoms with Crippen molar-refractivity contribution in [2.75, 3.05) is 11.9 Å². The van der Waals surface area contributed by atoms with Crippen LogP contribution >= 0.6 is 34.3 Å². The number of hydrogen-bond acceptors (Lipinski definition) is 6. The number of nitrogens with one attached hydrogen (secondary N) is 1. The average molecular weight is 504 g/mol. The fourth-order valence-corrected chi connectivity index (χ4v) is 8.00. The van der Waals surface area contributed by atoms with Crippen LogP contribution in [0.25, 0.3) is 20.8 Å². The first kappa shape index (κ1) is 21.5. The van der Waals surface area contributed by atoms with Crippen LogP contribution in [-0.2, 0) is 14.8 Å². The lowest BCUT2D eigenvalue weighted by Crippen LogP contribution is -2.42. The summed E-state index contributed by atoms with van der Waals surface area (Å²) in [7, 11) is -3.76. The Morgan fingerprint density at radius 2 is 1.84 bits per heavy atom. The van der Waals surface area contributed by atoms with E-state index in [4.69, 9.17) is 11.6 Å². The molecule has 6 nitrogen and oxygen atoms in total. The second kappa shape index (κ2) is 8.57. The summed E-state index contributed by atoms with van der Waals surface area (Å²) in [6, 6.07) is 17.7. The first-order valence-electron chi connectivity index (χ1n) is 9.96. The number of para-hydroxylation sites is 1. The number of carbonyl (C=O) groups excluding carboxylic acids is 1. The molecule has 10 heteroatoms.